The van der Waals surface area contributed by atoms with Crippen LogP contribution in [0, 0.1) is 5.92 Å². The molecule has 0 aromatic heterocycles. The number of anilines is 1. The Hall–Kier alpha value is -3.76. The third-order valence-electron chi connectivity index (χ3n) is 6.56. The maximum absolute atomic E-state index is 14.2. The number of methoxy groups -OCH3 is 2. The van der Waals surface area contributed by atoms with Crippen molar-refractivity contribution in [3.63, 3.8) is 0 Å². The molecule has 1 N–H and O–H groups in total. The van der Waals surface area contributed by atoms with Gasteiger partial charge in [-0.2, -0.15) is 0 Å². The van der Waals surface area contributed by atoms with Crippen LogP contribution in [0.2, 0.25) is 5.02 Å². The molecule has 0 heterocycles. The second kappa shape index (κ2) is 14.9. The highest BCUT2D eigenvalue weighted by Gasteiger charge is 2.33. The van der Waals surface area contributed by atoms with Crippen LogP contribution in [0.1, 0.15) is 25.0 Å². The van der Waals surface area contributed by atoms with Gasteiger partial charge >= 0.3 is 0 Å². The molecule has 226 valence electrons. The molecule has 0 spiro atoms. The molecule has 0 bridgehead atoms. The van der Waals surface area contributed by atoms with Gasteiger partial charge in [-0.25, -0.2) is 8.42 Å². The third kappa shape index (κ3) is 9.12. The van der Waals surface area contributed by atoms with Crippen molar-refractivity contribution in [3.8, 4) is 11.5 Å². The number of sulfonamides is 1. The Morgan fingerprint density at radius 2 is 1.60 bits per heavy atom. The first-order valence-electron chi connectivity index (χ1n) is 13.5. The summed E-state index contributed by atoms with van der Waals surface area (Å²) in [5, 5.41) is 3.49. The lowest BCUT2D eigenvalue weighted by atomic mass is 10.0. The van der Waals surface area contributed by atoms with E-state index in [0.29, 0.717) is 17.3 Å². The Morgan fingerprint density at radius 3 is 2.17 bits per heavy atom. The maximum atomic E-state index is 14.2. The van der Waals surface area contributed by atoms with Crippen LogP contribution >= 0.6 is 11.6 Å². The molecule has 0 unspecified atom stereocenters. The van der Waals surface area contributed by atoms with Crippen molar-refractivity contribution in [1.29, 1.82) is 0 Å². The number of hydrogen-bond acceptors (Lipinski definition) is 6. The number of rotatable bonds is 14. The van der Waals surface area contributed by atoms with Crippen LogP contribution in [-0.4, -0.2) is 64.7 Å². The van der Waals surface area contributed by atoms with Crippen molar-refractivity contribution in [2.75, 3.05) is 37.9 Å². The van der Waals surface area contributed by atoms with Gasteiger partial charge in [-0.1, -0.05) is 67.9 Å². The lowest BCUT2D eigenvalue weighted by molar-refractivity contribution is -0.140. The fraction of sp³-hybridized carbons (Fsp3) is 0.355. The zero-order valence-corrected chi connectivity index (χ0v) is 26.1. The molecule has 0 aliphatic heterocycles. The molecule has 0 saturated heterocycles. The van der Waals surface area contributed by atoms with Gasteiger partial charge in [0, 0.05) is 30.6 Å². The van der Waals surface area contributed by atoms with E-state index in [1.165, 1.54) is 25.2 Å². The average molecular weight is 616 g/mol. The molecule has 0 saturated carbocycles. The minimum absolute atomic E-state index is 0.0555. The molecule has 3 aromatic carbocycles. The van der Waals surface area contributed by atoms with Crippen molar-refractivity contribution in [2.45, 2.75) is 32.9 Å². The SMILES string of the molecule is COc1ccc(N(CC(=O)N(Cc2ccc(Cl)cc2)[C@@H](Cc2ccccc2)C(=O)NCC(C)C)S(C)(=O)=O)c(OC)c1. The summed E-state index contributed by atoms with van der Waals surface area (Å²) in [5.41, 5.74) is 1.76. The van der Waals surface area contributed by atoms with Gasteiger partial charge in [0.2, 0.25) is 21.8 Å². The highest BCUT2D eigenvalue weighted by Crippen LogP contribution is 2.34. The largest absolute Gasteiger partial charge is 0.497 e. The second-order valence-corrected chi connectivity index (χ2v) is 12.6. The number of amides is 2. The standard InChI is InChI=1S/C31H38ClN3O6S/c1-22(2)19-33-31(37)28(17-23-9-7-6-8-10-23)34(20-24-11-13-25(32)14-12-24)30(36)21-35(42(5,38)39)27-16-15-26(40-3)18-29(27)41-4/h6-16,18,22,28H,17,19-21H2,1-5H3,(H,33,37)/t28-/m0/s1. The van der Waals surface area contributed by atoms with Gasteiger partial charge in [-0.05, 0) is 41.3 Å². The van der Waals surface area contributed by atoms with E-state index in [0.717, 1.165) is 21.7 Å². The van der Waals surface area contributed by atoms with Crippen molar-refractivity contribution >= 4 is 39.1 Å². The van der Waals surface area contributed by atoms with Crippen LogP contribution in [0.15, 0.2) is 72.8 Å². The van der Waals surface area contributed by atoms with E-state index < -0.39 is 28.5 Å². The molecule has 1 atom stereocenters. The Kier molecular flexibility index (Phi) is 11.6. The molecular weight excluding hydrogens is 578 g/mol. The predicted molar refractivity (Wildman–Crippen MR) is 166 cm³/mol. The summed E-state index contributed by atoms with van der Waals surface area (Å²) >= 11 is 6.10. The van der Waals surface area contributed by atoms with Crippen molar-refractivity contribution in [3.05, 3.63) is 88.9 Å². The minimum Gasteiger partial charge on any atom is -0.497 e. The van der Waals surface area contributed by atoms with Crippen LogP contribution in [0.25, 0.3) is 0 Å². The first-order valence-corrected chi connectivity index (χ1v) is 15.7. The lowest BCUT2D eigenvalue weighted by Gasteiger charge is -2.34. The van der Waals surface area contributed by atoms with Crippen molar-refractivity contribution in [2.24, 2.45) is 5.92 Å². The number of halogens is 1. The van der Waals surface area contributed by atoms with E-state index >= 15 is 0 Å². The first-order chi connectivity index (χ1) is 19.9. The van der Waals surface area contributed by atoms with E-state index in [1.807, 2.05) is 44.2 Å². The number of ether oxygens (including phenoxy) is 2. The topological polar surface area (TPSA) is 105 Å². The van der Waals surface area contributed by atoms with E-state index in [4.69, 9.17) is 21.1 Å². The van der Waals surface area contributed by atoms with Gasteiger partial charge in [0.05, 0.1) is 26.2 Å². The first kappa shape index (κ1) is 32.8. The molecule has 3 rings (SSSR count). The lowest BCUT2D eigenvalue weighted by Crippen LogP contribution is -2.53. The van der Waals surface area contributed by atoms with E-state index in [1.54, 1.807) is 36.4 Å². The van der Waals surface area contributed by atoms with Gasteiger partial charge in [0.1, 0.15) is 24.1 Å². The maximum Gasteiger partial charge on any atom is 0.244 e. The van der Waals surface area contributed by atoms with Crippen LogP contribution < -0.4 is 19.1 Å². The Bertz CT molecular complexity index is 1450. The Balaban J connectivity index is 2.08. The highest BCUT2D eigenvalue weighted by atomic mass is 35.5. The molecule has 42 heavy (non-hydrogen) atoms. The molecule has 0 radical (unpaired) electrons. The molecule has 9 nitrogen and oxygen atoms in total. The smallest absolute Gasteiger partial charge is 0.244 e. The molecule has 3 aromatic rings. The van der Waals surface area contributed by atoms with E-state index in [-0.39, 0.29) is 36.2 Å². The molecule has 0 fully saturated rings. The normalized spacial score (nSPS) is 12.0. The summed E-state index contributed by atoms with van der Waals surface area (Å²) in [7, 11) is -1.07. The summed E-state index contributed by atoms with van der Waals surface area (Å²) in [6.45, 7) is 3.88. The summed E-state index contributed by atoms with van der Waals surface area (Å²) < 4.78 is 37.8. The quantitative estimate of drug-likeness (QED) is 0.286. The van der Waals surface area contributed by atoms with E-state index in [9.17, 15) is 18.0 Å². The predicted octanol–water partition coefficient (Wildman–Crippen LogP) is 4.54. The number of benzene rings is 3. The fourth-order valence-corrected chi connectivity index (χ4v) is 5.33. The number of nitrogens with zero attached hydrogens (tertiary/aromatic N) is 2. The zero-order chi connectivity index (χ0) is 30.9. The molecular formula is C31H38ClN3O6S. The fourth-order valence-electron chi connectivity index (χ4n) is 4.35. The second-order valence-electron chi connectivity index (χ2n) is 10.3. The number of carbonyl (C=O) groups excluding carboxylic acids is 2. The molecule has 11 heteroatoms. The Morgan fingerprint density at radius 1 is 0.929 bits per heavy atom. The van der Waals surface area contributed by atoms with Crippen molar-refractivity contribution in [1.82, 2.24) is 10.2 Å². The van der Waals surface area contributed by atoms with Gasteiger partial charge in [0.15, 0.2) is 0 Å². The summed E-state index contributed by atoms with van der Waals surface area (Å²) in [4.78, 5) is 29.3. The summed E-state index contributed by atoms with van der Waals surface area (Å²) in [5.74, 6) is -0.0245. The zero-order valence-electron chi connectivity index (χ0n) is 24.5. The van der Waals surface area contributed by atoms with Crippen LogP contribution in [0.4, 0.5) is 5.69 Å². The average Bonchev–Trinajstić information content (AvgIpc) is 2.96. The number of hydrogen-bond donors (Lipinski definition) is 1. The van der Waals surface area contributed by atoms with E-state index in [2.05, 4.69) is 5.32 Å². The van der Waals surface area contributed by atoms with Crippen molar-refractivity contribution < 1.29 is 27.5 Å². The summed E-state index contributed by atoms with van der Waals surface area (Å²) in [6, 6.07) is 20.1. The molecule has 2 amide bonds. The van der Waals surface area contributed by atoms with Crippen LogP contribution in [0.3, 0.4) is 0 Å². The monoisotopic (exact) mass is 615 g/mol. The molecule has 0 aliphatic rings. The molecule has 0 aliphatic carbocycles. The Labute approximate surface area is 253 Å². The van der Waals surface area contributed by atoms with Gasteiger partial charge in [-0.3, -0.25) is 13.9 Å². The third-order valence-corrected chi connectivity index (χ3v) is 7.94. The number of carbonyl (C=O) groups is 2. The highest BCUT2D eigenvalue weighted by molar-refractivity contribution is 7.92. The van der Waals surface area contributed by atoms with Gasteiger partial charge in [0.25, 0.3) is 0 Å². The van der Waals surface area contributed by atoms with Crippen LogP contribution in [-0.2, 0) is 32.6 Å². The van der Waals surface area contributed by atoms with Crippen LogP contribution in [0.5, 0.6) is 11.5 Å². The minimum atomic E-state index is -3.96. The summed E-state index contributed by atoms with van der Waals surface area (Å²) in [6.07, 6.45) is 1.25. The number of nitrogens with one attached hydrogen (secondary N) is 1. The van der Waals surface area contributed by atoms with Gasteiger partial charge in [-0.15, -0.1) is 0 Å². The van der Waals surface area contributed by atoms with Gasteiger partial charge < -0.3 is 19.7 Å².